The summed E-state index contributed by atoms with van der Waals surface area (Å²) in [5.41, 5.74) is 1.91. The lowest BCUT2D eigenvalue weighted by Gasteiger charge is -2.26. The molecule has 17 heavy (non-hydrogen) atoms. The summed E-state index contributed by atoms with van der Waals surface area (Å²) in [6, 6.07) is 6.32. The highest BCUT2D eigenvalue weighted by Gasteiger charge is 2.12. The summed E-state index contributed by atoms with van der Waals surface area (Å²) in [6.45, 7) is 8.58. The van der Waals surface area contributed by atoms with Crippen molar-refractivity contribution in [3.63, 3.8) is 0 Å². The van der Waals surface area contributed by atoms with Gasteiger partial charge in [0, 0.05) is 31.8 Å². The Labute approximate surface area is 104 Å². The molecule has 0 radical (unpaired) electrons. The second-order valence-electron chi connectivity index (χ2n) is 4.64. The summed E-state index contributed by atoms with van der Waals surface area (Å²) in [5.74, 6) is 0.413. The van der Waals surface area contributed by atoms with Crippen LogP contribution in [0.5, 0.6) is 5.75 Å². The Hall–Kier alpha value is -1.06. The minimum absolute atomic E-state index is 0.413. The van der Waals surface area contributed by atoms with E-state index in [1.54, 1.807) is 7.11 Å². The lowest BCUT2D eigenvalue weighted by atomic mass is 10.1. The van der Waals surface area contributed by atoms with Crippen molar-refractivity contribution in [3.8, 4) is 5.75 Å². The second kappa shape index (κ2) is 6.62. The quantitative estimate of drug-likeness (QED) is 0.825. The molecule has 0 spiro atoms. The predicted molar refractivity (Wildman–Crippen MR) is 70.3 cm³/mol. The van der Waals surface area contributed by atoms with Crippen LogP contribution >= 0.6 is 0 Å². The number of methoxy groups -OCH3 is 1. The average Bonchev–Trinajstić information content (AvgIpc) is 2.29. The van der Waals surface area contributed by atoms with Crippen LogP contribution in [0.15, 0.2) is 18.2 Å². The third-order valence-corrected chi connectivity index (χ3v) is 3.01. The third-order valence-electron chi connectivity index (χ3n) is 3.01. The Kier molecular flexibility index (Phi) is 5.45. The zero-order valence-corrected chi connectivity index (χ0v) is 11.2. The Morgan fingerprint density at radius 3 is 2.65 bits per heavy atom. The van der Waals surface area contributed by atoms with Crippen molar-refractivity contribution in [2.75, 3.05) is 20.3 Å². The summed E-state index contributed by atoms with van der Waals surface area (Å²) < 4.78 is 5.11. The Balaban J connectivity index is 2.75. The Morgan fingerprint density at radius 2 is 2.06 bits per heavy atom. The SMILES string of the molecule is COCCN(Cc1cccc(C)c1O)C(C)C. The maximum Gasteiger partial charge on any atom is 0.122 e. The van der Waals surface area contributed by atoms with Gasteiger partial charge in [0.2, 0.25) is 0 Å². The van der Waals surface area contributed by atoms with Gasteiger partial charge in [-0.3, -0.25) is 4.90 Å². The minimum Gasteiger partial charge on any atom is -0.507 e. The largest absolute Gasteiger partial charge is 0.507 e. The van der Waals surface area contributed by atoms with Crippen molar-refractivity contribution in [1.82, 2.24) is 4.90 Å². The van der Waals surface area contributed by atoms with Gasteiger partial charge in [-0.15, -0.1) is 0 Å². The van der Waals surface area contributed by atoms with Gasteiger partial charge in [0.25, 0.3) is 0 Å². The second-order valence-corrected chi connectivity index (χ2v) is 4.64. The highest BCUT2D eigenvalue weighted by atomic mass is 16.5. The van der Waals surface area contributed by atoms with Crippen LogP contribution < -0.4 is 0 Å². The van der Waals surface area contributed by atoms with Gasteiger partial charge in [-0.25, -0.2) is 0 Å². The van der Waals surface area contributed by atoms with Gasteiger partial charge in [0.05, 0.1) is 6.61 Å². The third kappa shape index (κ3) is 4.02. The molecule has 0 amide bonds. The van der Waals surface area contributed by atoms with Crippen molar-refractivity contribution >= 4 is 0 Å². The molecule has 0 fully saturated rings. The Bertz CT molecular complexity index is 350. The highest BCUT2D eigenvalue weighted by Crippen LogP contribution is 2.23. The molecule has 1 N–H and O–H groups in total. The van der Waals surface area contributed by atoms with Gasteiger partial charge in [-0.1, -0.05) is 18.2 Å². The van der Waals surface area contributed by atoms with E-state index in [4.69, 9.17) is 4.74 Å². The van der Waals surface area contributed by atoms with Gasteiger partial charge >= 0.3 is 0 Å². The molecule has 0 heterocycles. The number of aryl methyl sites for hydroxylation is 1. The average molecular weight is 237 g/mol. The first-order valence-electron chi connectivity index (χ1n) is 6.06. The van der Waals surface area contributed by atoms with Crippen LogP contribution in [-0.2, 0) is 11.3 Å². The monoisotopic (exact) mass is 237 g/mol. The number of benzene rings is 1. The number of aromatic hydroxyl groups is 1. The first-order valence-corrected chi connectivity index (χ1v) is 6.06. The molecule has 0 unspecified atom stereocenters. The van der Waals surface area contributed by atoms with Gasteiger partial charge < -0.3 is 9.84 Å². The van der Waals surface area contributed by atoms with Gasteiger partial charge in [-0.2, -0.15) is 0 Å². The lowest BCUT2D eigenvalue weighted by molar-refractivity contribution is 0.124. The number of phenols is 1. The van der Waals surface area contributed by atoms with Crippen molar-refractivity contribution in [2.45, 2.75) is 33.4 Å². The summed E-state index contributed by atoms with van der Waals surface area (Å²) in [7, 11) is 1.71. The molecule has 0 saturated carbocycles. The van der Waals surface area contributed by atoms with Gasteiger partial charge in [0.15, 0.2) is 0 Å². The van der Waals surface area contributed by atoms with Crippen molar-refractivity contribution in [3.05, 3.63) is 29.3 Å². The molecule has 1 aromatic carbocycles. The molecular formula is C14H23NO2. The first-order chi connectivity index (χ1) is 8.06. The number of hydrogen-bond acceptors (Lipinski definition) is 3. The van der Waals surface area contributed by atoms with Gasteiger partial charge in [-0.05, 0) is 26.3 Å². The molecule has 0 aliphatic carbocycles. The molecule has 0 atom stereocenters. The lowest BCUT2D eigenvalue weighted by Crippen LogP contribution is -2.33. The maximum atomic E-state index is 10.00. The smallest absolute Gasteiger partial charge is 0.122 e. The van der Waals surface area contributed by atoms with E-state index in [0.717, 1.165) is 24.2 Å². The summed E-state index contributed by atoms with van der Waals surface area (Å²) in [6.07, 6.45) is 0. The first kappa shape index (κ1) is 14.0. The number of ether oxygens (including phenoxy) is 1. The fraction of sp³-hybridized carbons (Fsp3) is 0.571. The molecule has 0 aromatic heterocycles. The topological polar surface area (TPSA) is 32.7 Å². The molecule has 0 aliphatic rings. The molecule has 0 bridgehead atoms. The van der Waals surface area contributed by atoms with Crippen LogP contribution in [0, 0.1) is 6.92 Å². The number of para-hydroxylation sites is 1. The normalized spacial score (nSPS) is 11.4. The maximum absolute atomic E-state index is 10.00. The van der Waals surface area contributed by atoms with E-state index in [1.807, 2.05) is 25.1 Å². The molecule has 1 aromatic rings. The van der Waals surface area contributed by atoms with Crippen molar-refractivity contribution < 1.29 is 9.84 Å². The molecular weight excluding hydrogens is 214 g/mol. The number of nitrogens with zero attached hydrogens (tertiary/aromatic N) is 1. The Morgan fingerprint density at radius 1 is 1.35 bits per heavy atom. The zero-order chi connectivity index (χ0) is 12.8. The molecule has 0 aliphatic heterocycles. The van der Waals surface area contributed by atoms with Gasteiger partial charge in [0.1, 0.15) is 5.75 Å². The van der Waals surface area contributed by atoms with E-state index in [-0.39, 0.29) is 0 Å². The van der Waals surface area contributed by atoms with Crippen LogP contribution in [0.2, 0.25) is 0 Å². The zero-order valence-electron chi connectivity index (χ0n) is 11.2. The number of rotatable bonds is 6. The van der Waals surface area contributed by atoms with Crippen molar-refractivity contribution in [1.29, 1.82) is 0 Å². The summed E-state index contributed by atoms with van der Waals surface area (Å²) >= 11 is 0. The molecule has 96 valence electrons. The van der Waals surface area contributed by atoms with Crippen LogP contribution in [0.3, 0.4) is 0 Å². The fourth-order valence-electron chi connectivity index (χ4n) is 1.79. The van der Waals surface area contributed by atoms with E-state index in [0.29, 0.717) is 18.4 Å². The van der Waals surface area contributed by atoms with E-state index in [2.05, 4.69) is 18.7 Å². The molecule has 1 rings (SSSR count). The number of hydrogen-bond donors (Lipinski definition) is 1. The molecule has 0 saturated heterocycles. The molecule has 3 heteroatoms. The highest BCUT2D eigenvalue weighted by molar-refractivity contribution is 5.39. The van der Waals surface area contributed by atoms with Crippen LogP contribution in [0.4, 0.5) is 0 Å². The van der Waals surface area contributed by atoms with Crippen molar-refractivity contribution in [2.24, 2.45) is 0 Å². The van der Waals surface area contributed by atoms with Crippen LogP contribution in [0.25, 0.3) is 0 Å². The minimum atomic E-state index is 0.413. The standard InChI is InChI=1S/C14H23NO2/c1-11(2)15(8-9-17-4)10-13-7-5-6-12(3)14(13)16/h5-7,11,16H,8-10H2,1-4H3. The van der Waals surface area contributed by atoms with E-state index >= 15 is 0 Å². The van der Waals surface area contributed by atoms with E-state index < -0.39 is 0 Å². The predicted octanol–water partition coefficient (Wildman–Crippen LogP) is 2.56. The fourth-order valence-corrected chi connectivity index (χ4v) is 1.79. The summed E-state index contributed by atoms with van der Waals surface area (Å²) in [4.78, 5) is 2.29. The molecule has 3 nitrogen and oxygen atoms in total. The van der Waals surface area contributed by atoms with Crippen LogP contribution in [-0.4, -0.2) is 36.3 Å². The number of phenolic OH excluding ortho intramolecular Hbond substituents is 1. The van der Waals surface area contributed by atoms with E-state index in [9.17, 15) is 5.11 Å². The van der Waals surface area contributed by atoms with Crippen LogP contribution in [0.1, 0.15) is 25.0 Å². The van der Waals surface area contributed by atoms with E-state index in [1.165, 1.54) is 0 Å². The summed E-state index contributed by atoms with van der Waals surface area (Å²) in [5, 5.41) is 10.00.